The van der Waals surface area contributed by atoms with Gasteiger partial charge in [0.2, 0.25) is 0 Å². The van der Waals surface area contributed by atoms with Gasteiger partial charge >= 0.3 is 11.8 Å². The number of carbonyl (C=O) groups is 3. The molecule has 0 saturated heterocycles. The lowest BCUT2D eigenvalue weighted by Gasteiger charge is -2.14. The molecule has 1 heterocycles. The summed E-state index contributed by atoms with van der Waals surface area (Å²) in [4.78, 5) is 38.5. The Kier molecular flexibility index (Phi) is 7.23. The number of hydrogen-bond acceptors (Lipinski definition) is 3. The van der Waals surface area contributed by atoms with Crippen LogP contribution in [0.25, 0.3) is 10.9 Å². The summed E-state index contributed by atoms with van der Waals surface area (Å²) in [6, 6.07) is 15.9. The van der Waals surface area contributed by atoms with Gasteiger partial charge in [-0.05, 0) is 67.1 Å². The number of anilines is 2. The van der Waals surface area contributed by atoms with Gasteiger partial charge in [0.15, 0.2) is 0 Å². The van der Waals surface area contributed by atoms with E-state index in [2.05, 4.69) is 16.1 Å². The normalized spacial score (nSPS) is 10.8. The Morgan fingerprint density at radius 2 is 1.46 bits per heavy atom. The van der Waals surface area contributed by atoms with Crippen LogP contribution in [0.15, 0.2) is 60.7 Å². The van der Waals surface area contributed by atoms with Crippen LogP contribution in [-0.4, -0.2) is 22.4 Å². The van der Waals surface area contributed by atoms with Crippen LogP contribution >= 0.6 is 46.4 Å². The standard InChI is InChI=1S/C24H16Cl4N4O3/c1-12-16(27)3-2-4-18(12)29-23(34)24(35)31-32-20-8-6-14(25)9-13(20)10-21(32)22(33)30-19-7-5-15(26)11-17(19)28/h2-11H,1H3,(H,29,34)(H,30,33)(H,31,35). The zero-order valence-corrected chi connectivity index (χ0v) is 21.0. The van der Waals surface area contributed by atoms with Crippen molar-refractivity contribution in [2.75, 3.05) is 16.1 Å². The highest BCUT2D eigenvalue weighted by Gasteiger charge is 2.22. The number of amides is 3. The number of fused-ring (bicyclic) bond motifs is 1. The van der Waals surface area contributed by atoms with E-state index in [1.165, 1.54) is 16.8 Å². The first-order valence-electron chi connectivity index (χ1n) is 10.1. The maximum Gasteiger partial charge on any atom is 0.328 e. The van der Waals surface area contributed by atoms with Gasteiger partial charge in [-0.3, -0.25) is 19.8 Å². The van der Waals surface area contributed by atoms with E-state index in [0.717, 1.165) is 0 Å². The number of aromatic nitrogens is 1. The Morgan fingerprint density at radius 3 is 2.20 bits per heavy atom. The Balaban J connectivity index is 1.65. The molecule has 3 N–H and O–H groups in total. The van der Waals surface area contributed by atoms with Gasteiger partial charge < -0.3 is 10.6 Å². The molecule has 0 unspecified atom stereocenters. The van der Waals surface area contributed by atoms with E-state index in [1.54, 1.807) is 55.5 Å². The molecule has 0 bridgehead atoms. The molecule has 11 heteroatoms. The van der Waals surface area contributed by atoms with Crippen molar-refractivity contribution in [2.45, 2.75) is 6.92 Å². The van der Waals surface area contributed by atoms with Gasteiger partial charge in [0.1, 0.15) is 5.69 Å². The number of halogens is 4. The molecule has 4 rings (SSSR count). The third-order valence-electron chi connectivity index (χ3n) is 5.11. The molecule has 0 aliphatic heterocycles. The van der Waals surface area contributed by atoms with Crippen molar-refractivity contribution < 1.29 is 14.4 Å². The highest BCUT2D eigenvalue weighted by molar-refractivity contribution is 6.43. The first kappa shape index (κ1) is 24.9. The van der Waals surface area contributed by atoms with E-state index in [9.17, 15) is 14.4 Å². The van der Waals surface area contributed by atoms with Crippen molar-refractivity contribution in [1.29, 1.82) is 0 Å². The number of nitrogens with zero attached hydrogens (tertiary/aromatic N) is 1. The summed E-state index contributed by atoms with van der Waals surface area (Å²) in [6.07, 6.45) is 0. The summed E-state index contributed by atoms with van der Waals surface area (Å²) in [6.45, 7) is 1.71. The second kappa shape index (κ2) is 10.2. The molecule has 0 aliphatic carbocycles. The first-order valence-corrected chi connectivity index (χ1v) is 11.6. The molecule has 0 aliphatic rings. The van der Waals surface area contributed by atoms with E-state index in [1.807, 2.05) is 0 Å². The number of nitrogens with one attached hydrogen (secondary N) is 3. The maximum atomic E-state index is 13.1. The van der Waals surface area contributed by atoms with E-state index in [4.69, 9.17) is 46.4 Å². The van der Waals surface area contributed by atoms with E-state index in [-0.39, 0.29) is 10.7 Å². The molecule has 7 nitrogen and oxygen atoms in total. The number of rotatable bonds is 4. The molecule has 4 aromatic rings. The van der Waals surface area contributed by atoms with Gasteiger partial charge in [0, 0.05) is 26.1 Å². The van der Waals surface area contributed by atoms with Crippen molar-refractivity contribution >= 4 is 86.4 Å². The van der Waals surface area contributed by atoms with Gasteiger partial charge in [-0.1, -0.05) is 52.5 Å². The highest BCUT2D eigenvalue weighted by atomic mass is 35.5. The Hall–Kier alpha value is -3.23. The summed E-state index contributed by atoms with van der Waals surface area (Å²) in [5, 5.41) is 7.28. The van der Waals surface area contributed by atoms with Gasteiger partial charge in [-0.25, -0.2) is 4.68 Å². The molecule has 1 aromatic heterocycles. The SMILES string of the molecule is Cc1c(Cl)cccc1NC(=O)C(=O)Nn1c(C(=O)Nc2ccc(Cl)cc2Cl)cc2cc(Cl)ccc21. The minimum atomic E-state index is -1.00. The van der Waals surface area contributed by atoms with Gasteiger partial charge in [-0.2, -0.15) is 0 Å². The fourth-order valence-corrected chi connectivity index (χ4v) is 4.14. The topological polar surface area (TPSA) is 92.2 Å². The highest BCUT2D eigenvalue weighted by Crippen LogP contribution is 2.28. The fourth-order valence-electron chi connectivity index (χ4n) is 3.33. The Morgan fingerprint density at radius 1 is 0.743 bits per heavy atom. The van der Waals surface area contributed by atoms with E-state index >= 15 is 0 Å². The molecule has 0 fully saturated rings. The second-order valence-electron chi connectivity index (χ2n) is 7.45. The lowest BCUT2D eigenvalue weighted by atomic mass is 10.2. The van der Waals surface area contributed by atoms with E-state index < -0.39 is 17.7 Å². The van der Waals surface area contributed by atoms with Crippen molar-refractivity contribution in [2.24, 2.45) is 0 Å². The van der Waals surface area contributed by atoms with Crippen molar-refractivity contribution in [3.8, 4) is 0 Å². The largest absolute Gasteiger partial charge is 0.328 e. The molecule has 178 valence electrons. The third-order valence-corrected chi connectivity index (χ3v) is 6.30. The van der Waals surface area contributed by atoms with Crippen molar-refractivity contribution in [3.05, 3.63) is 92.0 Å². The third kappa shape index (κ3) is 5.39. The molecule has 3 aromatic carbocycles. The van der Waals surface area contributed by atoms with Crippen LogP contribution in [0.4, 0.5) is 11.4 Å². The average Bonchev–Trinajstić information content (AvgIpc) is 3.16. The average molecular weight is 550 g/mol. The molecule has 35 heavy (non-hydrogen) atoms. The zero-order chi connectivity index (χ0) is 25.3. The first-order chi connectivity index (χ1) is 16.6. The monoisotopic (exact) mass is 548 g/mol. The van der Waals surface area contributed by atoms with Crippen LogP contribution in [0.5, 0.6) is 0 Å². The fraction of sp³-hybridized carbons (Fsp3) is 0.0417. The molecule has 0 saturated carbocycles. The maximum absolute atomic E-state index is 13.1. The molecular formula is C24H16Cl4N4O3. The minimum absolute atomic E-state index is 0.0355. The van der Waals surface area contributed by atoms with Crippen molar-refractivity contribution in [3.63, 3.8) is 0 Å². The Bertz CT molecular complexity index is 1500. The molecular weight excluding hydrogens is 534 g/mol. The summed E-state index contributed by atoms with van der Waals surface area (Å²) in [5.41, 5.74) is 4.26. The predicted octanol–water partition coefficient (Wildman–Crippen LogP) is 6.52. The van der Waals surface area contributed by atoms with Crippen LogP contribution < -0.4 is 16.1 Å². The molecule has 0 radical (unpaired) electrons. The van der Waals surface area contributed by atoms with Gasteiger partial charge in [0.05, 0.1) is 16.2 Å². The molecule has 0 atom stereocenters. The van der Waals surface area contributed by atoms with Crippen LogP contribution in [-0.2, 0) is 9.59 Å². The van der Waals surface area contributed by atoms with E-state index in [0.29, 0.717) is 42.9 Å². The zero-order valence-electron chi connectivity index (χ0n) is 18.0. The van der Waals surface area contributed by atoms with Crippen LogP contribution in [0.3, 0.4) is 0 Å². The summed E-state index contributed by atoms with van der Waals surface area (Å²) in [7, 11) is 0. The molecule has 3 amide bonds. The molecule has 0 spiro atoms. The number of carbonyl (C=O) groups excluding carboxylic acids is 3. The van der Waals surface area contributed by atoms with Gasteiger partial charge in [-0.15, -0.1) is 0 Å². The van der Waals surface area contributed by atoms with Crippen LogP contribution in [0.1, 0.15) is 16.1 Å². The quantitative estimate of drug-likeness (QED) is 0.253. The predicted molar refractivity (Wildman–Crippen MR) is 141 cm³/mol. The second-order valence-corrected chi connectivity index (χ2v) is 9.14. The van der Waals surface area contributed by atoms with Crippen molar-refractivity contribution in [1.82, 2.24) is 4.68 Å². The lowest BCUT2D eigenvalue weighted by molar-refractivity contribution is -0.133. The van der Waals surface area contributed by atoms with Crippen LogP contribution in [0, 0.1) is 6.92 Å². The van der Waals surface area contributed by atoms with Crippen LogP contribution in [0.2, 0.25) is 20.1 Å². The number of benzene rings is 3. The summed E-state index contributed by atoms with van der Waals surface area (Å²) in [5.74, 6) is -2.54. The minimum Gasteiger partial charge on any atom is -0.319 e. The van der Waals surface area contributed by atoms with Gasteiger partial charge in [0.25, 0.3) is 5.91 Å². The smallest absolute Gasteiger partial charge is 0.319 e. The Labute approximate surface area is 219 Å². The lowest BCUT2D eigenvalue weighted by Crippen LogP contribution is -2.36. The number of hydrogen-bond donors (Lipinski definition) is 3. The summed E-state index contributed by atoms with van der Waals surface area (Å²) < 4.78 is 1.21. The summed E-state index contributed by atoms with van der Waals surface area (Å²) >= 11 is 24.3.